The van der Waals surface area contributed by atoms with Crippen molar-refractivity contribution in [3.05, 3.63) is 29.3 Å². The first-order valence-corrected chi connectivity index (χ1v) is 9.80. The van der Waals surface area contributed by atoms with E-state index in [1.165, 1.54) is 18.2 Å². The van der Waals surface area contributed by atoms with Gasteiger partial charge in [-0.25, -0.2) is 17.9 Å². The number of carboxylic acid groups (broad SMARTS) is 1. The Balaban J connectivity index is 2.17. The number of nitrogens with one attached hydrogen (secondary N) is 1. The second-order valence-electron chi connectivity index (χ2n) is 6.70. The summed E-state index contributed by atoms with van der Waals surface area (Å²) in [7, 11) is -3.88. The van der Waals surface area contributed by atoms with Crippen LogP contribution in [0.1, 0.15) is 54.9 Å². The fourth-order valence-electron chi connectivity index (χ4n) is 2.87. The number of hydrogen-bond donors (Lipinski definition) is 3. The van der Waals surface area contributed by atoms with E-state index in [1.807, 2.05) is 13.8 Å². The number of sulfonamides is 1. The molecule has 2 rings (SSSR count). The Bertz CT molecular complexity index is 723. The Morgan fingerprint density at radius 3 is 2.52 bits per heavy atom. The fraction of sp³-hybridized carbons (Fsp3) is 0.588. The Morgan fingerprint density at radius 2 is 1.96 bits per heavy atom. The number of aromatic carboxylic acids is 1. The van der Waals surface area contributed by atoms with E-state index in [0.29, 0.717) is 31.6 Å². The van der Waals surface area contributed by atoms with Crippen molar-refractivity contribution < 1.29 is 28.2 Å². The van der Waals surface area contributed by atoms with Crippen molar-refractivity contribution in [2.24, 2.45) is 0 Å². The van der Waals surface area contributed by atoms with E-state index in [-0.39, 0.29) is 29.3 Å². The second-order valence-corrected chi connectivity index (χ2v) is 8.43. The highest BCUT2D eigenvalue weighted by Crippen LogP contribution is 2.26. The maximum Gasteiger partial charge on any atom is 0.335 e. The molecule has 1 fully saturated rings. The lowest BCUT2D eigenvalue weighted by Gasteiger charge is -2.32. The maximum atomic E-state index is 12.7. The van der Waals surface area contributed by atoms with Gasteiger partial charge in [0.15, 0.2) is 0 Å². The highest BCUT2D eigenvalue weighted by molar-refractivity contribution is 7.89. The Hall–Kier alpha value is -1.48. The van der Waals surface area contributed by atoms with Crippen LogP contribution in [0.25, 0.3) is 0 Å². The van der Waals surface area contributed by atoms with Crippen LogP contribution in [0.3, 0.4) is 0 Å². The van der Waals surface area contributed by atoms with E-state index in [0.717, 1.165) is 0 Å². The second kappa shape index (κ2) is 7.82. The van der Waals surface area contributed by atoms with Gasteiger partial charge in [0.25, 0.3) is 0 Å². The van der Waals surface area contributed by atoms with Crippen molar-refractivity contribution in [1.29, 1.82) is 0 Å². The van der Waals surface area contributed by atoms with Crippen LogP contribution in [0.15, 0.2) is 23.1 Å². The van der Waals surface area contributed by atoms with Crippen molar-refractivity contribution >= 4 is 16.0 Å². The Morgan fingerprint density at radius 1 is 1.32 bits per heavy atom. The third-order valence-corrected chi connectivity index (χ3v) is 5.99. The van der Waals surface area contributed by atoms with Crippen LogP contribution in [-0.4, -0.2) is 50.0 Å². The summed E-state index contributed by atoms with van der Waals surface area (Å²) in [5, 5.41) is 19.5. The van der Waals surface area contributed by atoms with Gasteiger partial charge in [0.2, 0.25) is 10.0 Å². The molecule has 25 heavy (non-hydrogen) atoms. The van der Waals surface area contributed by atoms with Crippen molar-refractivity contribution in [3.8, 4) is 0 Å². The lowest BCUT2D eigenvalue weighted by atomic mass is 9.91. The minimum Gasteiger partial charge on any atom is -0.478 e. The molecule has 8 heteroatoms. The quantitative estimate of drug-likeness (QED) is 0.673. The Kier molecular flexibility index (Phi) is 6.21. The zero-order valence-corrected chi connectivity index (χ0v) is 15.3. The third kappa shape index (κ3) is 5.01. The van der Waals surface area contributed by atoms with Crippen LogP contribution >= 0.6 is 0 Å². The molecule has 0 aliphatic carbocycles. The van der Waals surface area contributed by atoms with E-state index < -0.39 is 21.6 Å². The highest BCUT2D eigenvalue weighted by atomic mass is 32.2. The molecular formula is C17H25NO6S. The van der Waals surface area contributed by atoms with Crippen LogP contribution in [0.2, 0.25) is 0 Å². The number of carbonyl (C=O) groups is 1. The normalized spacial score (nSPS) is 17.6. The Labute approximate surface area is 148 Å². The average molecular weight is 371 g/mol. The molecular weight excluding hydrogens is 346 g/mol. The first kappa shape index (κ1) is 19.8. The summed E-state index contributed by atoms with van der Waals surface area (Å²) in [6.07, 6.45) is 1.23. The van der Waals surface area contributed by atoms with Gasteiger partial charge in [-0.2, -0.15) is 0 Å². The van der Waals surface area contributed by atoms with Crippen LogP contribution < -0.4 is 4.72 Å². The van der Waals surface area contributed by atoms with Gasteiger partial charge in [-0.1, -0.05) is 19.9 Å². The molecule has 0 unspecified atom stereocenters. The van der Waals surface area contributed by atoms with Gasteiger partial charge in [0, 0.05) is 19.8 Å². The molecule has 3 N–H and O–H groups in total. The molecule has 0 saturated carbocycles. The lowest BCUT2D eigenvalue weighted by Crippen LogP contribution is -2.39. The lowest BCUT2D eigenvalue weighted by molar-refractivity contribution is -0.0667. The number of ether oxygens (including phenoxy) is 1. The predicted octanol–water partition coefficient (Wildman–Crippen LogP) is 1.72. The fourth-order valence-corrected chi connectivity index (χ4v) is 4.30. The molecule has 0 aromatic heterocycles. The van der Waals surface area contributed by atoms with Gasteiger partial charge in [0.05, 0.1) is 16.1 Å². The average Bonchev–Trinajstić information content (AvgIpc) is 2.54. The van der Waals surface area contributed by atoms with Crippen LogP contribution in [0.4, 0.5) is 0 Å². The zero-order valence-electron chi connectivity index (χ0n) is 14.5. The largest absolute Gasteiger partial charge is 0.478 e. The van der Waals surface area contributed by atoms with Gasteiger partial charge in [-0.3, -0.25) is 0 Å². The van der Waals surface area contributed by atoms with Crippen molar-refractivity contribution in [1.82, 2.24) is 4.72 Å². The predicted molar refractivity (Wildman–Crippen MR) is 92.3 cm³/mol. The molecule has 0 spiro atoms. The van der Waals surface area contributed by atoms with Crippen LogP contribution in [0.5, 0.6) is 0 Å². The molecule has 0 bridgehead atoms. The van der Waals surface area contributed by atoms with Gasteiger partial charge in [-0.05, 0) is 42.9 Å². The molecule has 7 nitrogen and oxygen atoms in total. The van der Waals surface area contributed by atoms with E-state index in [1.54, 1.807) is 0 Å². The molecule has 1 aliphatic heterocycles. The summed E-state index contributed by atoms with van der Waals surface area (Å²) >= 11 is 0. The van der Waals surface area contributed by atoms with Gasteiger partial charge < -0.3 is 14.9 Å². The highest BCUT2D eigenvalue weighted by Gasteiger charge is 2.30. The minimum atomic E-state index is -3.88. The number of hydrogen-bond acceptors (Lipinski definition) is 5. The van der Waals surface area contributed by atoms with Crippen LogP contribution in [-0.2, 0) is 14.8 Å². The third-order valence-electron chi connectivity index (χ3n) is 4.48. The molecule has 1 aromatic rings. The molecule has 1 saturated heterocycles. The summed E-state index contributed by atoms with van der Waals surface area (Å²) in [5.74, 6) is -1.25. The van der Waals surface area contributed by atoms with E-state index in [9.17, 15) is 18.3 Å². The van der Waals surface area contributed by atoms with E-state index in [4.69, 9.17) is 9.84 Å². The zero-order chi connectivity index (χ0) is 18.7. The molecule has 140 valence electrons. The van der Waals surface area contributed by atoms with Crippen molar-refractivity contribution in [3.63, 3.8) is 0 Å². The minimum absolute atomic E-state index is 0.0265. The monoisotopic (exact) mass is 371 g/mol. The SMILES string of the molecule is CC(C)c1ccc(C(=O)O)cc1S(=O)(=O)NCCC1(O)CCOCC1. The van der Waals surface area contributed by atoms with Crippen molar-refractivity contribution in [2.45, 2.75) is 49.5 Å². The van der Waals surface area contributed by atoms with Gasteiger partial charge in [0.1, 0.15) is 0 Å². The summed E-state index contributed by atoms with van der Waals surface area (Å²) in [5.41, 5.74) is -0.444. The van der Waals surface area contributed by atoms with Gasteiger partial charge in [-0.15, -0.1) is 0 Å². The number of rotatable bonds is 7. The number of benzene rings is 1. The van der Waals surface area contributed by atoms with Gasteiger partial charge >= 0.3 is 5.97 Å². The molecule has 1 heterocycles. The number of carboxylic acids is 1. The molecule has 0 radical (unpaired) electrons. The molecule has 1 aliphatic rings. The number of aliphatic hydroxyl groups is 1. The topological polar surface area (TPSA) is 113 Å². The standard InChI is InChI=1S/C17H25NO6S/c1-12(2)14-4-3-13(16(19)20)11-15(14)25(22,23)18-8-5-17(21)6-9-24-10-7-17/h3-4,11-12,18,21H,5-10H2,1-2H3,(H,19,20). The van der Waals surface area contributed by atoms with Crippen molar-refractivity contribution in [2.75, 3.05) is 19.8 Å². The van der Waals surface area contributed by atoms with E-state index in [2.05, 4.69) is 4.72 Å². The molecule has 1 aromatic carbocycles. The summed E-state index contributed by atoms with van der Waals surface area (Å²) in [6, 6.07) is 4.12. The smallest absolute Gasteiger partial charge is 0.335 e. The van der Waals surface area contributed by atoms with E-state index >= 15 is 0 Å². The molecule has 0 amide bonds. The first-order chi connectivity index (χ1) is 11.6. The first-order valence-electron chi connectivity index (χ1n) is 8.32. The maximum absolute atomic E-state index is 12.7. The summed E-state index contributed by atoms with van der Waals surface area (Å²) in [4.78, 5) is 11.1. The van der Waals surface area contributed by atoms with Crippen LogP contribution in [0, 0.1) is 0 Å². The summed E-state index contributed by atoms with van der Waals surface area (Å²) < 4.78 is 33.0. The summed E-state index contributed by atoms with van der Waals surface area (Å²) in [6.45, 7) is 4.69. The molecule has 0 atom stereocenters.